The lowest BCUT2D eigenvalue weighted by Crippen LogP contribution is -2.20. The van der Waals surface area contributed by atoms with Crippen LogP contribution in [0.2, 0.25) is 5.02 Å². The maximum atomic E-state index is 12.0. The third-order valence-corrected chi connectivity index (χ3v) is 4.90. The van der Waals surface area contributed by atoms with Gasteiger partial charge in [-0.3, -0.25) is 20.2 Å². The van der Waals surface area contributed by atoms with Crippen molar-refractivity contribution in [3.05, 3.63) is 67.5 Å². The number of benzene rings is 2. The van der Waals surface area contributed by atoms with Gasteiger partial charge in [-0.05, 0) is 18.2 Å². The molecule has 0 spiro atoms. The zero-order valence-corrected chi connectivity index (χ0v) is 16.7. The van der Waals surface area contributed by atoms with E-state index in [-0.39, 0.29) is 12.3 Å². The Morgan fingerprint density at radius 2 is 2.15 bits per heavy atom. The number of carbonyl (C=O) groups excluding carboxylic acids is 1. The van der Waals surface area contributed by atoms with Gasteiger partial charge in [0.1, 0.15) is 5.75 Å². The monoisotopic (exact) mass is 467 g/mol. The Kier molecular flexibility index (Phi) is 6.04. The number of ether oxygens (including phenoxy) is 1. The predicted molar refractivity (Wildman–Crippen MR) is 107 cm³/mol. The van der Waals surface area contributed by atoms with Gasteiger partial charge in [0.15, 0.2) is 11.7 Å². The molecule has 3 aromatic rings. The fraction of sp³-hybridized carbons (Fsp3) is 0.0588. The number of nitrogens with one attached hydrogen (secondary N) is 1. The molecule has 1 amide bonds. The molecule has 0 aliphatic rings. The molecule has 0 saturated heterocycles. The summed E-state index contributed by atoms with van der Waals surface area (Å²) in [4.78, 5) is 26.7. The third kappa shape index (κ3) is 5.03. The van der Waals surface area contributed by atoms with Crippen molar-refractivity contribution in [2.45, 2.75) is 0 Å². The summed E-state index contributed by atoms with van der Waals surface area (Å²) in [5.41, 5.74) is 1.11. The molecule has 0 radical (unpaired) electrons. The first-order valence-corrected chi connectivity index (χ1v) is 9.55. The largest absolute Gasteiger partial charge is 0.482 e. The number of nitrogens with zero attached hydrogens (tertiary/aromatic N) is 2. The summed E-state index contributed by atoms with van der Waals surface area (Å²) >= 11 is 10.5. The van der Waals surface area contributed by atoms with E-state index < -0.39 is 10.8 Å². The van der Waals surface area contributed by atoms with E-state index in [9.17, 15) is 14.9 Å². The molecule has 0 bridgehead atoms. The Bertz CT molecular complexity index is 1010. The van der Waals surface area contributed by atoms with E-state index in [1.807, 2.05) is 0 Å². The van der Waals surface area contributed by atoms with Crippen LogP contribution in [0.25, 0.3) is 11.3 Å². The summed E-state index contributed by atoms with van der Waals surface area (Å²) < 4.78 is 6.20. The van der Waals surface area contributed by atoms with Crippen LogP contribution in [0.5, 0.6) is 5.75 Å². The molecule has 2 aromatic carbocycles. The molecule has 0 fully saturated rings. The average Bonchev–Trinajstić information content (AvgIpc) is 3.09. The summed E-state index contributed by atoms with van der Waals surface area (Å²) in [7, 11) is 0. The highest BCUT2D eigenvalue weighted by atomic mass is 79.9. The molecule has 0 atom stereocenters. The number of hydrogen-bond donors (Lipinski definition) is 1. The molecule has 0 saturated carbocycles. The van der Waals surface area contributed by atoms with Gasteiger partial charge in [-0.15, -0.1) is 11.3 Å². The summed E-state index contributed by atoms with van der Waals surface area (Å²) in [5.74, 6) is 0.000340. The van der Waals surface area contributed by atoms with Crippen molar-refractivity contribution in [2.24, 2.45) is 0 Å². The first-order chi connectivity index (χ1) is 12.9. The lowest BCUT2D eigenvalue weighted by atomic mass is 10.1. The molecular formula is C17H11BrClN3O4S. The van der Waals surface area contributed by atoms with Gasteiger partial charge in [0, 0.05) is 27.5 Å². The molecule has 10 heteroatoms. The molecular weight excluding hydrogens is 458 g/mol. The van der Waals surface area contributed by atoms with Crippen molar-refractivity contribution in [2.75, 3.05) is 11.9 Å². The Balaban J connectivity index is 1.62. The summed E-state index contributed by atoms with van der Waals surface area (Å²) in [6.07, 6.45) is 0. The number of anilines is 1. The molecule has 1 heterocycles. The predicted octanol–water partition coefficient (Wildman–Crippen LogP) is 5.15. The second-order valence-corrected chi connectivity index (χ2v) is 7.44. The van der Waals surface area contributed by atoms with Crippen LogP contribution in [-0.2, 0) is 4.79 Å². The minimum absolute atomic E-state index is 0.0223. The highest BCUT2D eigenvalue weighted by Crippen LogP contribution is 2.29. The van der Waals surface area contributed by atoms with Crippen molar-refractivity contribution < 1.29 is 14.5 Å². The van der Waals surface area contributed by atoms with Crippen molar-refractivity contribution in [1.82, 2.24) is 4.98 Å². The van der Waals surface area contributed by atoms with Crippen LogP contribution in [-0.4, -0.2) is 22.4 Å². The highest BCUT2D eigenvalue weighted by molar-refractivity contribution is 9.10. The number of rotatable bonds is 6. The second-order valence-electron chi connectivity index (χ2n) is 5.26. The maximum absolute atomic E-state index is 12.0. The van der Waals surface area contributed by atoms with E-state index in [4.69, 9.17) is 16.3 Å². The van der Waals surface area contributed by atoms with Crippen LogP contribution < -0.4 is 10.1 Å². The SMILES string of the molecule is O=C(COc1ccc(Br)cc1Cl)Nc1nc(-c2cccc([N+](=O)[O-])c2)cs1. The van der Waals surface area contributed by atoms with E-state index >= 15 is 0 Å². The van der Waals surface area contributed by atoms with Crippen molar-refractivity contribution >= 4 is 55.6 Å². The molecule has 1 N–H and O–H groups in total. The standard InChI is InChI=1S/C17H11BrClN3O4S/c18-11-4-5-15(13(19)7-11)26-8-16(23)21-17-20-14(9-27-17)10-2-1-3-12(6-10)22(24)25/h1-7,9H,8H2,(H,20,21,23). The lowest BCUT2D eigenvalue weighted by Gasteiger charge is -2.07. The van der Waals surface area contributed by atoms with Gasteiger partial charge in [0.25, 0.3) is 11.6 Å². The number of amides is 1. The number of halogens is 2. The highest BCUT2D eigenvalue weighted by Gasteiger charge is 2.12. The summed E-state index contributed by atoms with van der Waals surface area (Å²) in [6, 6.07) is 11.2. The van der Waals surface area contributed by atoms with Crippen LogP contribution in [0.1, 0.15) is 0 Å². The fourth-order valence-corrected chi connectivity index (χ4v) is 3.60. The quantitative estimate of drug-likeness (QED) is 0.399. The van der Waals surface area contributed by atoms with E-state index in [1.54, 1.807) is 35.7 Å². The van der Waals surface area contributed by atoms with Gasteiger partial charge in [0.2, 0.25) is 0 Å². The molecule has 27 heavy (non-hydrogen) atoms. The van der Waals surface area contributed by atoms with Gasteiger partial charge in [0.05, 0.1) is 15.6 Å². The van der Waals surface area contributed by atoms with Gasteiger partial charge in [-0.25, -0.2) is 4.98 Å². The normalized spacial score (nSPS) is 10.4. The zero-order chi connectivity index (χ0) is 19.4. The number of carbonyl (C=O) groups is 1. The van der Waals surface area contributed by atoms with Crippen molar-refractivity contribution in [3.8, 4) is 17.0 Å². The van der Waals surface area contributed by atoms with E-state index in [2.05, 4.69) is 26.2 Å². The van der Waals surface area contributed by atoms with Crippen LogP contribution in [0.4, 0.5) is 10.8 Å². The average molecular weight is 469 g/mol. The lowest BCUT2D eigenvalue weighted by molar-refractivity contribution is -0.384. The summed E-state index contributed by atoms with van der Waals surface area (Å²) in [5, 5.41) is 16.0. The van der Waals surface area contributed by atoms with Crippen LogP contribution in [0, 0.1) is 10.1 Å². The Morgan fingerprint density at radius 1 is 1.33 bits per heavy atom. The van der Waals surface area contributed by atoms with Crippen molar-refractivity contribution in [1.29, 1.82) is 0 Å². The molecule has 1 aromatic heterocycles. The van der Waals surface area contributed by atoms with Gasteiger partial charge >= 0.3 is 0 Å². The van der Waals surface area contributed by atoms with Crippen LogP contribution >= 0.6 is 38.9 Å². The fourth-order valence-electron chi connectivity index (χ4n) is 2.13. The maximum Gasteiger partial charge on any atom is 0.270 e. The number of non-ortho nitro benzene ring substituents is 1. The molecule has 0 aliphatic carbocycles. The number of aromatic nitrogens is 1. The first-order valence-electron chi connectivity index (χ1n) is 7.50. The van der Waals surface area contributed by atoms with Gasteiger partial charge < -0.3 is 4.74 Å². The van der Waals surface area contributed by atoms with Crippen LogP contribution in [0.15, 0.2) is 52.3 Å². The Labute approximate surface area is 171 Å². The zero-order valence-electron chi connectivity index (χ0n) is 13.5. The van der Waals surface area contributed by atoms with E-state index in [0.717, 1.165) is 4.47 Å². The minimum Gasteiger partial charge on any atom is -0.482 e. The van der Waals surface area contributed by atoms with Gasteiger partial charge in [-0.1, -0.05) is 39.7 Å². The van der Waals surface area contributed by atoms with E-state index in [0.29, 0.717) is 27.2 Å². The number of nitro benzene ring substituents is 1. The molecule has 3 rings (SSSR count). The Hall–Kier alpha value is -2.49. The van der Waals surface area contributed by atoms with Crippen molar-refractivity contribution in [3.63, 3.8) is 0 Å². The second kappa shape index (κ2) is 8.47. The first kappa shape index (κ1) is 19.3. The number of nitro groups is 1. The molecule has 0 unspecified atom stereocenters. The Morgan fingerprint density at radius 3 is 2.89 bits per heavy atom. The summed E-state index contributed by atoms with van der Waals surface area (Å²) in [6.45, 7) is -0.229. The topological polar surface area (TPSA) is 94.4 Å². The molecule has 7 nitrogen and oxygen atoms in total. The van der Waals surface area contributed by atoms with Gasteiger partial charge in [-0.2, -0.15) is 0 Å². The molecule has 0 aliphatic heterocycles. The minimum atomic E-state index is -0.469. The van der Waals surface area contributed by atoms with Crippen LogP contribution in [0.3, 0.4) is 0 Å². The molecule has 138 valence electrons. The number of hydrogen-bond acceptors (Lipinski definition) is 6. The third-order valence-electron chi connectivity index (χ3n) is 3.36. The van der Waals surface area contributed by atoms with E-state index in [1.165, 1.54) is 23.5 Å². The number of thiazole rings is 1. The smallest absolute Gasteiger partial charge is 0.270 e.